The fourth-order valence-corrected chi connectivity index (χ4v) is 4.88. The highest BCUT2D eigenvalue weighted by Crippen LogP contribution is 2.14. The van der Waals surface area contributed by atoms with Gasteiger partial charge < -0.3 is 9.84 Å². The summed E-state index contributed by atoms with van der Waals surface area (Å²) >= 11 is 0. The van der Waals surface area contributed by atoms with Crippen molar-refractivity contribution in [3.8, 4) is 0 Å². The number of aliphatic hydroxyl groups is 1. The maximum Gasteiger partial charge on any atom is 0.330 e. The monoisotopic (exact) mass is 300 g/mol. The summed E-state index contributed by atoms with van der Waals surface area (Å²) in [5.41, 5.74) is 0. The van der Waals surface area contributed by atoms with Crippen LogP contribution in [-0.2, 0) is 29.2 Å². The molecule has 1 atom stereocenters. The predicted molar refractivity (Wildman–Crippen MR) is 65.3 cm³/mol. The smallest absolute Gasteiger partial charge is 0.330 e. The summed E-state index contributed by atoms with van der Waals surface area (Å²) in [6.45, 7) is 2.64. The van der Waals surface area contributed by atoms with Crippen LogP contribution < -0.4 is 0 Å². The first-order chi connectivity index (χ1) is 7.98. The number of aliphatic hydroxyl groups excluding tert-OH is 1. The summed E-state index contributed by atoms with van der Waals surface area (Å²) in [6, 6.07) is 0. The van der Waals surface area contributed by atoms with Crippen molar-refractivity contribution in [2.45, 2.75) is 17.1 Å². The zero-order valence-corrected chi connectivity index (χ0v) is 11.7. The van der Waals surface area contributed by atoms with Crippen LogP contribution in [0.1, 0.15) is 6.42 Å². The Hall–Kier alpha value is -0.930. The fraction of sp³-hybridized carbons (Fsp3) is 0.667. The van der Waals surface area contributed by atoms with Crippen LogP contribution in [0.25, 0.3) is 0 Å². The van der Waals surface area contributed by atoms with E-state index in [4.69, 9.17) is 0 Å². The molecule has 0 saturated carbocycles. The molecule has 0 bridgehead atoms. The van der Waals surface area contributed by atoms with Gasteiger partial charge in [-0.2, -0.15) is 0 Å². The van der Waals surface area contributed by atoms with Crippen LogP contribution in [0.3, 0.4) is 0 Å². The molecule has 0 saturated heterocycles. The molecule has 9 heteroatoms. The van der Waals surface area contributed by atoms with E-state index >= 15 is 0 Å². The van der Waals surface area contributed by atoms with Crippen molar-refractivity contribution in [3.05, 3.63) is 12.7 Å². The van der Waals surface area contributed by atoms with E-state index in [1.54, 1.807) is 0 Å². The SMILES string of the molecule is C=CC(=O)OCC(O)CC(S(C)(=O)=O)S(C)(=O)=O. The average molecular weight is 300 g/mol. The average Bonchev–Trinajstić information content (AvgIpc) is 2.19. The van der Waals surface area contributed by atoms with Crippen molar-refractivity contribution in [1.29, 1.82) is 0 Å². The first-order valence-electron chi connectivity index (χ1n) is 4.83. The molecule has 0 radical (unpaired) electrons. The standard InChI is InChI=1S/C9H16O7S2/c1-4-8(11)16-6-7(10)5-9(17(2,12)13)18(3,14)15/h4,7,9-10H,1,5-6H2,2-3H3. The molecule has 0 aliphatic heterocycles. The predicted octanol–water partition coefficient (Wildman–Crippen LogP) is -1.12. The first-order valence-corrected chi connectivity index (χ1v) is 8.74. The minimum atomic E-state index is -3.87. The van der Waals surface area contributed by atoms with Gasteiger partial charge in [0.15, 0.2) is 24.3 Å². The van der Waals surface area contributed by atoms with Gasteiger partial charge in [-0.15, -0.1) is 0 Å². The van der Waals surface area contributed by atoms with Gasteiger partial charge in [-0.3, -0.25) is 0 Å². The molecule has 0 rings (SSSR count). The van der Waals surface area contributed by atoms with E-state index in [0.717, 1.165) is 18.6 Å². The van der Waals surface area contributed by atoms with Gasteiger partial charge in [0.05, 0.1) is 6.10 Å². The molecule has 0 heterocycles. The Morgan fingerprint density at radius 2 is 1.72 bits per heavy atom. The second-order valence-electron chi connectivity index (χ2n) is 3.81. The molecule has 0 aliphatic carbocycles. The molecular weight excluding hydrogens is 284 g/mol. The number of carbonyl (C=O) groups is 1. The number of carbonyl (C=O) groups excluding carboxylic acids is 1. The molecule has 1 unspecified atom stereocenters. The second-order valence-corrected chi connectivity index (χ2v) is 8.57. The van der Waals surface area contributed by atoms with Crippen LogP contribution in [0.2, 0.25) is 0 Å². The lowest BCUT2D eigenvalue weighted by molar-refractivity contribution is -0.140. The number of esters is 1. The minimum Gasteiger partial charge on any atom is -0.460 e. The van der Waals surface area contributed by atoms with Gasteiger partial charge >= 0.3 is 5.97 Å². The van der Waals surface area contributed by atoms with Gasteiger partial charge in [-0.05, 0) is 0 Å². The third kappa shape index (κ3) is 6.12. The van der Waals surface area contributed by atoms with E-state index in [9.17, 15) is 26.7 Å². The van der Waals surface area contributed by atoms with Crippen LogP contribution in [0.4, 0.5) is 0 Å². The van der Waals surface area contributed by atoms with E-state index in [2.05, 4.69) is 11.3 Å². The highest BCUT2D eigenvalue weighted by atomic mass is 32.3. The largest absolute Gasteiger partial charge is 0.460 e. The van der Waals surface area contributed by atoms with E-state index < -0.39 is 49.4 Å². The van der Waals surface area contributed by atoms with E-state index in [-0.39, 0.29) is 0 Å². The minimum absolute atomic E-state index is 0.494. The highest BCUT2D eigenvalue weighted by molar-refractivity contribution is 8.08. The topological polar surface area (TPSA) is 115 Å². The molecule has 0 spiro atoms. The summed E-state index contributed by atoms with van der Waals surface area (Å²) in [6.07, 6.45) is 0.463. The third-order valence-electron chi connectivity index (χ3n) is 2.00. The molecule has 0 aliphatic rings. The number of ether oxygens (including phenoxy) is 1. The molecule has 0 aromatic heterocycles. The zero-order valence-electron chi connectivity index (χ0n) is 10.1. The lowest BCUT2D eigenvalue weighted by Gasteiger charge is -2.17. The van der Waals surface area contributed by atoms with Crippen molar-refractivity contribution < 1.29 is 31.5 Å². The Morgan fingerprint density at radius 1 is 1.28 bits per heavy atom. The second kappa shape index (κ2) is 6.30. The highest BCUT2D eigenvalue weighted by Gasteiger charge is 2.33. The molecule has 106 valence electrons. The summed E-state index contributed by atoms with van der Waals surface area (Å²) in [4.78, 5) is 10.7. The van der Waals surface area contributed by atoms with Crippen molar-refractivity contribution in [2.75, 3.05) is 19.1 Å². The number of hydrogen-bond acceptors (Lipinski definition) is 7. The molecule has 18 heavy (non-hydrogen) atoms. The van der Waals surface area contributed by atoms with Crippen LogP contribution in [0.15, 0.2) is 12.7 Å². The van der Waals surface area contributed by atoms with Gasteiger partial charge in [0, 0.05) is 25.0 Å². The Labute approximate surface area is 106 Å². The van der Waals surface area contributed by atoms with Gasteiger partial charge in [0.2, 0.25) is 0 Å². The molecule has 0 aromatic carbocycles. The lowest BCUT2D eigenvalue weighted by Crippen LogP contribution is -2.34. The maximum absolute atomic E-state index is 11.3. The van der Waals surface area contributed by atoms with Crippen molar-refractivity contribution in [2.24, 2.45) is 0 Å². The molecule has 7 nitrogen and oxygen atoms in total. The Kier molecular flexibility index (Phi) is 5.97. The summed E-state index contributed by atoms with van der Waals surface area (Å²) in [7, 11) is -7.74. The van der Waals surface area contributed by atoms with Crippen LogP contribution in [-0.4, -0.2) is 57.7 Å². The van der Waals surface area contributed by atoms with E-state index in [0.29, 0.717) is 0 Å². The summed E-state index contributed by atoms with van der Waals surface area (Å²) in [5.74, 6) is -0.788. The van der Waals surface area contributed by atoms with Gasteiger partial charge in [0.25, 0.3) is 0 Å². The Bertz CT molecular complexity index is 471. The van der Waals surface area contributed by atoms with Crippen molar-refractivity contribution in [1.82, 2.24) is 0 Å². The van der Waals surface area contributed by atoms with Gasteiger partial charge in [0.1, 0.15) is 6.61 Å². The lowest BCUT2D eigenvalue weighted by atomic mass is 10.3. The molecule has 0 amide bonds. The number of rotatable bonds is 7. The fourth-order valence-electron chi connectivity index (χ4n) is 1.19. The Morgan fingerprint density at radius 3 is 2.06 bits per heavy atom. The van der Waals surface area contributed by atoms with Crippen molar-refractivity contribution >= 4 is 25.6 Å². The van der Waals surface area contributed by atoms with E-state index in [1.807, 2.05) is 0 Å². The zero-order chi connectivity index (χ0) is 14.6. The van der Waals surface area contributed by atoms with E-state index in [1.165, 1.54) is 0 Å². The molecule has 1 N–H and O–H groups in total. The molecule has 0 aromatic rings. The number of hydrogen-bond donors (Lipinski definition) is 1. The molecule has 0 fully saturated rings. The Balaban J connectivity index is 4.73. The van der Waals surface area contributed by atoms with Crippen LogP contribution >= 0.6 is 0 Å². The van der Waals surface area contributed by atoms with Crippen molar-refractivity contribution in [3.63, 3.8) is 0 Å². The maximum atomic E-state index is 11.3. The summed E-state index contributed by atoms with van der Waals surface area (Å²) < 4.78 is 47.9. The van der Waals surface area contributed by atoms with Crippen LogP contribution in [0, 0.1) is 0 Å². The van der Waals surface area contributed by atoms with Gasteiger partial charge in [-0.25, -0.2) is 21.6 Å². The normalized spacial score (nSPS) is 14.2. The third-order valence-corrected chi connectivity index (χ3v) is 6.40. The number of sulfone groups is 2. The molecular formula is C9H16O7S2. The first kappa shape index (κ1) is 17.1. The summed E-state index contributed by atoms with van der Waals surface area (Å²) in [5, 5.41) is 9.45. The quantitative estimate of drug-likeness (QED) is 0.468. The van der Waals surface area contributed by atoms with Gasteiger partial charge in [-0.1, -0.05) is 6.58 Å². The van der Waals surface area contributed by atoms with Crippen LogP contribution in [0.5, 0.6) is 0 Å².